The van der Waals surface area contributed by atoms with Crippen LogP contribution in [0.4, 0.5) is 0 Å². The Balaban J connectivity index is 0.000000687. The van der Waals surface area contributed by atoms with E-state index in [9.17, 15) is 0 Å². The molecule has 0 saturated heterocycles. The van der Waals surface area contributed by atoms with Crippen molar-refractivity contribution in [2.24, 2.45) is 0 Å². The zero-order valence-electron chi connectivity index (χ0n) is 17.3. The highest BCUT2D eigenvalue weighted by molar-refractivity contribution is 5.97. The number of hydrogen-bond acceptors (Lipinski definition) is 2. The number of rotatable bonds is 2. The summed E-state index contributed by atoms with van der Waals surface area (Å²) in [4.78, 5) is 9.26. The number of benzene rings is 4. The van der Waals surface area contributed by atoms with Gasteiger partial charge in [0, 0.05) is 10.9 Å². The van der Waals surface area contributed by atoms with Gasteiger partial charge in [-0.05, 0) is 41.8 Å². The maximum Gasteiger partial charge on any atom is 0.126 e. The molecule has 1 aromatic heterocycles. The predicted octanol–water partition coefficient (Wildman–Crippen LogP) is 7.62. The molecular formula is C28H24N2. The first-order valence-electron chi connectivity index (χ1n) is 10.1. The van der Waals surface area contributed by atoms with Gasteiger partial charge in [-0.2, -0.15) is 0 Å². The number of fused-ring (bicyclic) bond motifs is 2. The van der Waals surface area contributed by atoms with Crippen LogP contribution in [0.2, 0.25) is 0 Å². The molecule has 0 atom stereocenters. The highest BCUT2D eigenvalue weighted by Crippen LogP contribution is 2.31. The summed E-state index contributed by atoms with van der Waals surface area (Å²) in [6.45, 7) is 7.19. The molecule has 0 fully saturated rings. The summed E-state index contributed by atoms with van der Waals surface area (Å²) in [6, 6.07) is 31.8. The minimum atomic E-state index is 0.793. The molecule has 0 saturated carbocycles. The van der Waals surface area contributed by atoms with E-state index in [2.05, 4.69) is 84.4 Å². The second-order valence-electron chi connectivity index (χ2n) is 7.15. The van der Waals surface area contributed by atoms with Gasteiger partial charge in [0.1, 0.15) is 5.82 Å². The first kappa shape index (κ1) is 19.5. The van der Waals surface area contributed by atoms with Gasteiger partial charge in [-0.3, -0.25) is 0 Å². The molecule has 0 spiro atoms. The molecule has 0 N–H and O–H groups in total. The van der Waals surface area contributed by atoms with Crippen LogP contribution in [-0.4, -0.2) is 9.97 Å². The maximum absolute atomic E-state index is 4.71. The van der Waals surface area contributed by atoms with Crippen LogP contribution in [0.15, 0.2) is 104 Å². The highest BCUT2D eigenvalue weighted by Gasteiger charge is 2.09. The Labute approximate surface area is 177 Å². The lowest BCUT2D eigenvalue weighted by molar-refractivity contribution is 1.10. The SMILES string of the molecule is C=CC.Cc1nc(-c2ccc(-c3cccc4ccccc34)cc2)c2ccccc2n1. The molecule has 1 heterocycles. The molecule has 0 unspecified atom stereocenters. The van der Waals surface area contributed by atoms with Crippen LogP contribution >= 0.6 is 0 Å². The molecule has 2 heteroatoms. The third-order valence-electron chi connectivity index (χ3n) is 4.97. The van der Waals surface area contributed by atoms with Crippen LogP contribution in [0.3, 0.4) is 0 Å². The van der Waals surface area contributed by atoms with Gasteiger partial charge in [-0.1, -0.05) is 91.0 Å². The molecule has 30 heavy (non-hydrogen) atoms. The number of aryl methyl sites for hydroxylation is 1. The molecular weight excluding hydrogens is 364 g/mol. The second kappa shape index (κ2) is 8.71. The third-order valence-corrected chi connectivity index (χ3v) is 4.97. The quantitative estimate of drug-likeness (QED) is 0.291. The minimum absolute atomic E-state index is 0.793. The predicted molar refractivity (Wildman–Crippen MR) is 129 cm³/mol. The molecule has 0 radical (unpaired) electrons. The van der Waals surface area contributed by atoms with Gasteiger partial charge in [0.05, 0.1) is 11.2 Å². The van der Waals surface area contributed by atoms with Crippen LogP contribution in [-0.2, 0) is 0 Å². The summed E-state index contributed by atoms with van der Waals surface area (Å²) >= 11 is 0. The van der Waals surface area contributed by atoms with Gasteiger partial charge in [0.2, 0.25) is 0 Å². The Hall–Kier alpha value is -3.78. The molecule has 5 rings (SSSR count). The summed E-state index contributed by atoms with van der Waals surface area (Å²) in [5.74, 6) is 0.793. The number of hydrogen-bond donors (Lipinski definition) is 0. The van der Waals surface area contributed by atoms with Crippen molar-refractivity contribution in [2.45, 2.75) is 13.8 Å². The van der Waals surface area contributed by atoms with Crippen LogP contribution in [0.1, 0.15) is 12.7 Å². The maximum atomic E-state index is 4.71. The Morgan fingerprint density at radius 3 is 2.03 bits per heavy atom. The lowest BCUT2D eigenvalue weighted by Crippen LogP contribution is -1.93. The van der Waals surface area contributed by atoms with Crippen molar-refractivity contribution < 1.29 is 0 Å². The minimum Gasteiger partial charge on any atom is -0.233 e. The van der Waals surface area contributed by atoms with Crippen molar-refractivity contribution in [1.82, 2.24) is 9.97 Å². The van der Waals surface area contributed by atoms with E-state index in [-0.39, 0.29) is 0 Å². The average molecular weight is 389 g/mol. The Bertz CT molecular complexity index is 1310. The standard InChI is InChI=1S/C25H18N2.C3H6/c1-17-26-24-12-5-4-10-23(24)25(27-17)20-15-13-19(14-16-20)22-11-6-8-18-7-2-3-9-21(18)22;1-3-2/h2-16H,1H3;3H,1H2,2H3. The fraction of sp³-hybridized carbons (Fsp3) is 0.0714. The van der Waals surface area contributed by atoms with Crippen LogP contribution in [0.5, 0.6) is 0 Å². The highest BCUT2D eigenvalue weighted by atomic mass is 14.9. The zero-order chi connectivity index (χ0) is 20.9. The van der Waals surface area contributed by atoms with Crippen molar-refractivity contribution in [2.75, 3.05) is 0 Å². The van der Waals surface area contributed by atoms with Gasteiger partial charge >= 0.3 is 0 Å². The van der Waals surface area contributed by atoms with Gasteiger partial charge in [0.15, 0.2) is 0 Å². The molecule has 0 amide bonds. The monoisotopic (exact) mass is 388 g/mol. The Morgan fingerprint density at radius 2 is 1.27 bits per heavy atom. The van der Waals surface area contributed by atoms with E-state index in [1.807, 2.05) is 32.0 Å². The van der Waals surface area contributed by atoms with E-state index in [1.165, 1.54) is 21.9 Å². The van der Waals surface area contributed by atoms with E-state index in [0.29, 0.717) is 0 Å². The average Bonchev–Trinajstić information content (AvgIpc) is 2.79. The third kappa shape index (κ3) is 3.85. The molecule has 0 aliphatic heterocycles. The summed E-state index contributed by atoms with van der Waals surface area (Å²) in [5, 5.41) is 3.62. The van der Waals surface area contributed by atoms with E-state index in [1.54, 1.807) is 6.08 Å². The number of allylic oxidation sites excluding steroid dienone is 1. The molecule has 5 aromatic rings. The zero-order valence-corrected chi connectivity index (χ0v) is 17.3. The molecule has 4 aromatic carbocycles. The molecule has 0 aliphatic carbocycles. The van der Waals surface area contributed by atoms with Crippen LogP contribution in [0, 0.1) is 6.92 Å². The van der Waals surface area contributed by atoms with E-state index >= 15 is 0 Å². The summed E-state index contributed by atoms with van der Waals surface area (Å²) < 4.78 is 0. The molecule has 146 valence electrons. The fourth-order valence-corrected chi connectivity index (χ4v) is 3.70. The van der Waals surface area contributed by atoms with E-state index in [4.69, 9.17) is 4.98 Å². The van der Waals surface area contributed by atoms with Gasteiger partial charge in [-0.25, -0.2) is 9.97 Å². The number of aromatic nitrogens is 2. The largest absolute Gasteiger partial charge is 0.233 e. The van der Waals surface area contributed by atoms with Crippen LogP contribution < -0.4 is 0 Å². The van der Waals surface area contributed by atoms with Crippen LogP contribution in [0.25, 0.3) is 44.1 Å². The smallest absolute Gasteiger partial charge is 0.126 e. The van der Waals surface area contributed by atoms with Gasteiger partial charge < -0.3 is 0 Å². The van der Waals surface area contributed by atoms with Crippen molar-refractivity contribution in [3.8, 4) is 22.4 Å². The summed E-state index contributed by atoms with van der Waals surface area (Å²) in [6.07, 6.45) is 1.75. The first-order valence-corrected chi connectivity index (χ1v) is 10.1. The van der Waals surface area contributed by atoms with Crippen molar-refractivity contribution >= 4 is 21.7 Å². The fourth-order valence-electron chi connectivity index (χ4n) is 3.70. The first-order chi connectivity index (χ1) is 14.7. The summed E-state index contributed by atoms with van der Waals surface area (Å²) in [5.41, 5.74) is 5.55. The van der Waals surface area contributed by atoms with E-state index in [0.717, 1.165) is 28.0 Å². The van der Waals surface area contributed by atoms with E-state index < -0.39 is 0 Å². The molecule has 0 aliphatic rings. The van der Waals surface area contributed by atoms with Gasteiger partial charge in [0.25, 0.3) is 0 Å². The molecule has 2 nitrogen and oxygen atoms in total. The number of nitrogens with zero attached hydrogens (tertiary/aromatic N) is 2. The van der Waals surface area contributed by atoms with Crippen molar-refractivity contribution in [1.29, 1.82) is 0 Å². The second-order valence-corrected chi connectivity index (χ2v) is 7.15. The van der Waals surface area contributed by atoms with Crippen molar-refractivity contribution in [3.05, 3.63) is 109 Å². The lowest BCUT2D eigenvalue weighted by atomic mass is 9.96. The van der Waals surface area contributed by atoms with Crippen molar-refractivity contribution in [3.63, 3.8) is 0 Å². The molecule has 0 bridgehead atoms. The number of para-hydroxylation sites is 1. The topological polar surface area (TPSA) is 25.8 Å². The summed E-state index contributed by atoms with van der Waals surface area (Å²) in [7, 11) is 0. The normalized spacial score (nSPS) is 10.5. The Morgan fingerprint density at radius 1 is 0.667 bits per heavy atom. The lowest BCUT2D eigenvalue weighted by Gasteiger charge is -2.10. The Kier molecular flexibility index (Phi) is 5.67. The van der Waals surface area contributed by atoms with Gasteiger partial charge in [-0.15, -0.1) is 6.58 Å².